The summed E-state index contributed by atoms with van der Waals surface area (Å²) in [6, 6.07) is 88.9. The minimum absolute atomic E-state index is 0.652. The van der Waals surface area contributed by atoms with E-state index in [0.717, 1.165) is 114 Å². The lowest BCUT2D eigenvalue weighted by atomic mass is 9.91. The summed E-state index contributed by atoms with van der Waals surface area (Å²) in [6.07, 6.45) is 10.2. The summed E-state index contributed by atoms with van der Waals surface area (Å²) in [7, 11) is 0. The summed E-state index contributed by atoms with van der Waals surface area (Å²) in [5.74, 6) is 21.2. The Balaban J connectivity index is 0.000000133. The highest BCUT2D eigenvalue weighted by Gasteiger charge is 2.41. The number of carbonyl (C=O) groups excluding carboxylic acids is 4. The van der Waals surface area contributed by atoms with E-state index in [1.807, 2.05) is 194 Å². The van der Waals surface area contributed by atoms with Gasteiger partial charge in [0.25, 0.3) is 0 Å². The zero-order valence-corrected chi connectivity index (χ0v) is 49.8. The molecule has 0 bridgehead atoms. The quantitative estimate of drug-likeness (QED) is 0.101. The van der Waals surface area contributed by atoms with E-state index in [9.17, 15) is 29.4 Å². The molecule has 0 saturated heterocycles. The molecule has 0 unspecified atom stereocenters. The van der Waals surface area contributed by atoms with Crippen LogP contribution in [0.2, 0.25) is 0 Å². The molecule has 2 aliphatic carbocycles. The lowest BCUT2D eigenvalue weighted by molar-refractivity contribution is 0.111. The Bertz CT molecular complexity index is 4860. The molecule has 13 aromatic carbocycles. The number of fused-ring (bicyclic) bond motifs is 6. The van der Waals surface area contributed by atoms with Gasteiger partial charge in [-0.15, -0.1) is 6.42 Å². The number of benzene rings is 13. The minimum Gasteiger partial charge on any atom is -0.369 e. The van der Waals surface area contributed by atoms with Crippen molar-refractivity contribution in [3.63, 3.8) is 0 Å². The predicted octanol–water partition coefficient (Wildman–Crippen LogP) is 17.1. The number of rotatable bonds is 5. The maximum absolute atomic E-state index is 11.8. The van der Waals surface area contributed by atoms with Crippen LogP contribution in [-0.2, 0) is 11.2 Å². The maximum Gasteiger partial charge on any atom is 0.178 e. The van der Waals surface area contributed by atoms with Crippen LogP contribution in [0.5, 0.6) is 0 Å². The monoisotopic (exact) mass is 1180 g/mol. The van der Waals surface area contributed by atoms with Gasteiger partial charge < -0.3 is 10.2 Å². The zero-order chi connectivity index (χ0) is 63.9. The number of aliphatic hydroxyl groups is 2. The third-order valence-electron chi connectivity index (χ3n) is 15.9. The minimum atomic E-state index is -1.39. The third kappa shape index (κ3) is 13.2. The zero-order valence-electron chi connectivity index (χ0n) is 49.8. The lowest BCUT2D eigenvalue weighted by Crippen LogP contribution is -2.22. The summed E-state index contributed by atoms with van der Waals surface area (Å²) in [6.45, 7) is 3.60. The van der Waals surface area contributed by atoms with Crippen molar-refractivity contribution in [2.24, 2.45) is 0 Å². The summed E-state index contributed by atoms with van der Waals surface area (Å²) in [4.78, 5) is 41.9. The number of hydrogen-bond donors (Lipinski definition) is 2. The van der Waals surface area contributed by atoms with Gasteiger partial charge >= 0.3 is 0 Å². The molecular weight excluding hydrogens is 1130 g/mol. The molecule has 0 aromatic heterocycles. The van der Waals surface area contributed by atoms with Crippen LogP contribution in [0, 0.1) is 47.9 Å². The largest absolute Gasteiger partial charge is 0.369 e. The summed E-state index contributed by atoms with van der Waals surface area (Å²) < 4.78 is 0. The van der Waals surface area contributed by atoms with Gasteiger partial charge in [0, 0.05) is 72.3 Å². The van der Waals surface area contributed by atoms with E-state index >= 15 is 0 Å². The van der Waals surface area contributed by atoms with Crippen LogP contribution in [0.3, 0.4) is 0 Å². The van der Waals surface area contributed by atoms with Gasteiger partial charge in [-0.3, -0.25) is 19.2 Å². The van der Waals surface area contributed by atoms with E-state index in [1.54, 1.807) is 54.6 Å². The van der Waals surface area contributed by atoms with E-state index in [-0.39, 0.29) is 0 Å². The van der Waals surface area contributed by atoms with E-state index < -0.39 is 11.2 Å². The number of carbonyl (C=O) groups is 4. The van der Waals surface area contributed by atoms with E-state index in [2.05, 4.69) is 84.4 Å². The summed E-state index contributed by atoms with van der Waals surface area (Å²) >= 11 is 0. The van der Waals surface area contributed by atoms with Crippen LogP contribution < -0.4 is 0 Å². The highest BCUT2D eigenvalue weighted by molar-refractivity contribution is 6.25. The number of hydrogen-bond acceptors (Lipinski definition) is 6. The average molecular weight is 1190 g/mol. The fourth-order valence-corrected chi connectivity index (χ4v) is 11.2. The van der Waals surface area contributed by atoms with Crippen molar-refractivity contribution in [1.82, 2.24) is 0 Å². The van der Waals surface area contributed by atoms with Gasteiger partial charge in [0.15, 0.2) is 17.5 Å². The third-order valence-corrected chi connectivity index (χ3v) is 15.9. The molecule has 0 saturated carbocycles. The van der Waals surface area contributed by atoms with Crippen LogP contribution in [-0.4, -0.2) is 35.4 Å². The first-order valence-corrected chi connectivity index (χ1v) is 29.5. The number of aldehydes is 4. The van der Waals surface area contributed by atoms with Crippen molar-refractivity contribution < 1.29 is 29.4 Å². The Morgan fingerprint density at radius 1 is 0.326 bits per heavy atom. The molecule has 13 aromatic rings. The Morgan fingerprint density at radius 2 is 0.685 bits per heavy atom. The first-order valence-electron chi connectivity index (χ1n) is 29.5. The molecule has 2 aliphatic rings. The highest BCUT2D eigenvalue weighted by Crippen LogP contribution is 2.48. The molecule has 0 radical (unpaired) electrons. The molecule has 15 rings (SSSR count). The standard InChI is InChI=1S/C36H22O2.C17H10O.C15H10O.C9H8O.C9H6O/c37-35(31-16-5-1-12-27(31)28-13-2-6-17-32(28)35)22-20-25-10-9-11-26(24-25)21-23-36(38)33-18-7-3-14-29(33)30-15-4-8-19-34(30)36;18-10-14-7-6-13-5-4-11-2-1-3-12-8-9-15(14)17(13)16(11)12;16-12-15-10-8-14(9-11-15)7-6-13-4-2-1-3-5-13;2*1-2-8-3-5-9(7-10)6-4-8/h1-19,24,37-38H;1-10H;1-5,8-12H;2-7H,1H2;1,3-7H. The van der Waals surface area contributed by atoms with Crippen molar-refractivity contribution in [2.75, 3.05) is 0 Å². The summed E-state index contributed by atoms with van der Waals surface area (Å²) in [5.41, 5.74) is 12.4. The fraction of sp³-hybridized carbons (Fsp3) is 0.0233. The summed E-state index contributed by atoms with van der Waals surface area (Å²) in [5, 5.41) is 30.7. The molecule has 2 N–H and O–H groups in total. The fourth-order valence-electron chi connectivity index (χ4n) is 11.2. The Labute approximate surface area is 534 Å². The van der Waals surface area contributed by atoms with Crippen LogP contribution >= 0.6 is 0 Å². The predicted molar refractivity (Wildman–Crippen MR) is 371 cm³/mol. The Hall–Kier alpha value is -12.5. The van der Waals surface area contributed by atoms with Crippen LogP contribution in [0.15, 0.2) is 286 Å². The van der Waals surface area contributed by atoms with Crippen molar-refractivity contribution in [1.29, 1.82) is 0 Å². The second kappa shape index (κ2) is 28.1. The van der Waals surface area contributed by atoms with Crippen molar-refractivity contribution in [3.8, 4) is 70.1 Å². The van der Waals surface area contributed by atoms with Crippen molar-refractivity contribution >= 4 is 63.5 Å². The van der Waals surface area contributed by atoms with Crippen molar-refractivity contribution in [2.45, 2.75) is 11.2 Å². The second-order valence-corrected chi connectivity index (χ2v) is 21.5. The van der Waals surface area contributed by atoms with Gasteiger partial charge in [-0.1, -0.05) is 279 Å². The van der Waals surface area contributed by atoms with Gasteiger partial charge in [-0.2, -0.15) is 0 Å². The molecule has 436 valence electrons. The van der Waals surface area contributed by atoms with E-state index in [1.165, 1.54) is 26.9 Å². The van der Waals surface area contributed by atoms with Crippen LogP contribution in [0.1, 0.15) is 97.1 Å². The van der Waals surface area contributed by atoms with Gasteiger partial charge in [0.1, 0.15) is 18.9 Å². The number of terminal acetylenes is 1. The topological polar surface area (TPSA) is 109 Å². The Kier molecular flexibility index (Phi) is 18.7. The second-order valence-electron chi connectivity index (χ2n) is 21.5. The molecular formula is C86H56O6. The Morgan fingerprint density at radius 3 is 1.12 bits per heavy atom. The van der Waals surface area contributed by atoms with E-state index in [0.29, 0.717) is 16.7 Å². The first kappa shape index (κ1) is 61.1. The lowest BCUT2D eigenvalue weighted by Gasteiger charge is -2.19. The van der Waals surface area contributed by atoms with Gasteiger partial charge in [-0.05, 0) is 115 Å². The van der Waals surface area contributed by atoms with Gasteiger partial charge in [-0.25, -0.2) is 0 Å². The van der Waals surface area contributed by atoms with Crippen molar-refractivity contribution in [3.05, 3.63) is 364 Å². The SMILES string of the molecule is C#Cc1ccc(C=O)cc1.C=Cc1ccc(C=O)cc1.O=Cc1ccc(C#Cc2ccccc2)cc1.O=Cc1ccc2ccc3cccc4ccc1c2c34.OC1(C#Cc2cccc(C#CC3(O)c4ccccc4-c4ccccc43)c2)c2ccccc2-c2ccccc21. The maximum atomic E-state index is 11.8. The average Bonchev–Trinajstić information content (AvgIpc) is 1.42. The van der Waals surface area contributed by atoms with Gasteiger partial charge in [0.05, 0.1) is 0 Å². The normalized spacial score (nSPS) is 11.7. The van der Waals surface area contributed by atoms with Crippen LogP contribution in [0.25, 0.3) is 60.6 Å². The molecule has 0 amide bonds. The first-order chi connectivity index (χ1) is 45.1. The molecule has 6 nitrogen and oxygen atoms in total. The molecule has 0 atom stereocenters. The molecule has 0 spiro atoms. The van der Waals surface area contributed by atoms with E-state index in [4.69, 9.17) is 6.42 Å². The molecule has 6 heteroatoms. The smallest absolute Gasteiger partial charge is 0.178 e. The molecule has 0 aliphatic heterocycles. The van der Waals surface area contributed by atoms with Crippen LogP contribution in [0.4, 0.5) is 0 Å². The molecule has 0 heterocycles. The molecule has 0 fully saturated rings. The molecule has 92 heavy (non-hydrogen) atoms. The van der Waals surface area contributed by atoms with Gasteiger partial charge in [0.2, 0.25) is 0 Å². The highest BCUT2D eigenvalue weighted by atomic mass is 16.3.